The third-order valence-electron chi connectivity index (χ3n) is 3.42. The Morgan fingerprint density at radius 3 is 2.70 bits per heavy atom. The lowest BCUT2D eigenvalue weighted by atomic mass is 9.93. The predicted molar refractivity (Wildman–Crippen MR) is 78.6 cm³/mol. The van der Waals surface area contributed by atoms with E-state index in [4.69, 9.17) is 0 Å². The van der Waals surface area contributed by atoms with E-state index in [0.717, 1.165) is 17.5 Å². The zero-order chi connectivity index (χ0) is 14.4. The molecule has 0 amide bonds. The second-order valence-electron chi connectivity index (χ2n) is 5.13. The van der Waals surface area contributed by atoms with Crippen LogP contribution in [0.4, 0.5) is 0 Å². The van der Waals surface area contributed by atoms with Crippen LogP contribution in [0.2, 0.25) is 0 Å². The van der Waals surface area contributed by atoms with Gasteiger partial charge in [-0.25, -0.2) is 0 Å². The van der Waals surface area contributed by atoms with Crippen LogP contribution in [0, 0.1) is 12.8 Å². The van der Waals surface area contributed by atoms with Gasteiger partial charge in [0.25, 0.3) is 0 Å². The van der Waals surface area contributed by atoms with Crippen molar-refractivity contribution < 1.29 is 9.90 Å². The van der Waals surface area contributed by atoms with Gasteiger partial charge in [0.15, 0.2) is 0 Å². The minimum absolute atomic E-state index is 0.350. The summed E-state index contributed by atoms with van der Waals surface area (Å²) in [6.07, 6.45) is 5.49. The lowest BCUT2D eigenvalue weighted by molar-refractivity contribution is -0.141. The highest BCUT2D eigenvalue weighted by atomic mass is 16.4. The number of carboxylic acid groups (broad SMARTS) is 1. The van der Waals surface area contributed by atoms with Gasteiger partial charge in [-0.3, -0.25) is 9.78 Å². The summed E-state index contributed by atoms with van der Waals surface area (Å²) in [6, 6.07) is 11.9. The van der Waals surface area contributed by atoms with Crippen LogP contribution in [0.5, 0.6) is 0 Å². The van der Waals surface area contributed by atoms with Gasteiger partial charge in [-0.15, -0.1) is 0 Å². The average molecular weight is 269 g/mol. The van der Waals surface area contributed by atoms with E-state index in [9.17, 15) is 9.90 Å². The predicted octanol–water partition coefficient (Wildman–Crippen LogP) is 3.27. The topological polar surface area (TPSA) is 50.2 Å². The zero-order valence-electron chi connectivity index (χ0n) is 11.6. The number of hydrogen-bond donors (Lipinski definition) is 1. The van der Waals surface area contributed by atoms with Crippen LogP contribution in [0.1, 0.15) is 23.1 Å². The monoisotopic (exact) mass is 269 g/mol. The zero-order valence-corrected chi connectivity index (χ0v) is 11.6. The fourth-order valence-electron chi connectivity index (χ4n) is 2.32. The van der Waals surface area contributed by atoms with Gasteiger partial charge in [0.1, 0.15) is 0 Å². The molecule has 1 heterocycles. The fraction of sp³-hybridized carbons (Fsp3) is 0.294. The summed E-state index contributed by atoms with van der Waals surface area (Å²) in [5.41, 5.74) is 3.34. The van der Waals surface area contributed by atoms with Gasteiger partial charge in [0.05, 0.1) is 5.92 Å². The smallest absolute Gasteiger partial charge is 0.306 e. The molecule has 1 atom stereocenters. The number of carbonyl (C=O) groups is 1. The van der Waals surface area contributed by atoms with Crippen LogP contribution in [-0.4, -0.2) is 16.1 Å². The van der Waals surface area contributed by atoms with Crippen molar-refractivity contribution in [3.05, 3.63) is 65.5 Å². The fourth-order valence-corrected chi connectivity index (χ4v) is 2.32. The van der Waals surface area contributed by atoms with Gasteiger partial charge in [0.2, 0.25) is 0 Å². The molecule has 0 spiro atoms. The molecule has 0 bridgehead atoms. The molecule has 104 valence electrons. The Hall–Kier alpha value is -2.16. The van der Waals surface area contributed by atoms with Crippen LogP contribution in [0.15, 0.2) is 48.8 Å². The SMILES string of the molecule is Cc1cccc(CC(CCc2cccnc2)C(=O)O)c1. The van der Waals surface area contributed by atoms with Gasteiger partial charge in [-0.1, -0.05) is 35.9 Å². The van der Waals surface area contributed by atoms with Crippen LogP contribution >= 0.6 is 0 Å². The molecule has 0 saturated heterocycles. The van der Waals surface area contributed by atoms with E-state index in [-0.39, 0.29) is 5.92 Å². The molecule has 2 aromatic rings. The quantitative estimate of drug-likeness (QED) is 0.875. The van der Waals surface area contributed by atoms with E-state index in [0.29, 0.717) is 12.8 Å². The van der Waals surface area contributed by atoms with Gasteiger partial charge in [-0.05, 0) is 43.4 Å². The molecule has 0 aliphatic carbocycles. The number of hydrogen-bond acceptors (Lipinski definition) is 2. The van der Waals surface area contributed by atoms with Crippen molar-refractivity contribution in [1.29, 1.82) is 0 Å². The lowest BCUT2D eigenvalue weighted by Crippen LogP contribution is -2.17. The number of benzene rings is 1. The van der Waals surface area contributed by atoms with Crippen LogP contribution in [0.3, 0.4) is 0 Å². The van der Waals surface area contributed by atoms with Gasteiger partial charge < -0.3 is 5.11 Å². The van der Waals surface area contributed by atoms with E-state index in [1.54, 1.807) is 12.4 Å². The molecule has 1 unspecified atom stereocenters. The normalized spacial score (nSPS) is 12.1. The van der Waals surface area contributed by atoms with E-state index in [1.807, 2.05) is 37.3 Å². The number of carboxylic acids is 1. The number of nitrogens with zero attached hydrogens (tertiary/aromatic N) is 1. The molecule has 1 N–H and O–H groups in total. The van der Waals surface area contributed by atoms with E-state index < -0.39 is 5.97 Å². The highest BCUT2D eigenvalue weighted by molar-refractivity contribution is 5.70. The minimum Gasteiger partial charge on any atom is -0.481 e. The maximum atomic E-state index is 11.4. The maximum Gasteiger partial charge on any atom is 0.306 e. The largest absolute Gasteiger partial charge is 0.481 e. The molecular formula is C17H19NO2. The van der Waals surface area contributed by atoms with Crippen molar-refractivity contribution in [2.75, 3.05) is 0 Å². The third kappa shape index (κ3) is 4.19. The molecule has 0 aliphatic rings. The first-order chi connectivity index (χ1) is 9.65. The summed E-state index contributed by atoms with van der Waals surface area (Å²) in [5, 5.41) is 9.37. The van der Waals surface area contributed by atoms with Crippen molar-refractivity contribution in [3.63, 3.8) is 0 Å². The second-order valence-corrected chi connectivity index (χ2v) is 5.13. The first-order valence-corrected chi connectivity index (χ1v) is 6.82. The molecule has 0 saturated carbocycles. The van der Waals surface area contributed by atoms with Gasteiger partial charge >= 0.3 is 5.97 Å². The van der Waals surface area contributed by atoms with Crippen molar-refractivity contribution in [1.82, 2.24) is 4.98 Å². The molecule has 3 nitrogen and oxygen atoms in total. The van der Waals surface area contributed by atoms with Crippen molar-refractivity contribution >= 4 is 5.97 Å². The molecule has 0 radical (unpaired) electrons. The molecular weight excluding hydrogens is 250 g/mol. The van der Waals surface area contributed by atoms with Crippen LogP contribution < -0.4 is 0 Å². The van der Waals surface area contributed by atoms with Crippen molar-refractivity contribution in [2.24, 2.45) is 5.92 Å². The number of rotatable bonds is 6. The van der Waals surface area contributed by atoms with Crippen LogP contribution in [-0.2, 0) is 17.6 Å². The highest BCUT2D eigenvalue weighted by Gasteiger charge is 2.18. The summed E-state index contributed by atoms with van der Waals surface area (Å²) in [4.78, 5) is 15.5. The van der Waals surface area contributed by atoms with Crippen molar-refractivity contribution in [2.45, 2.75) is 26.2 Å². The summed E-state index contributed by atoms with van der Waals surface area (Å²) in [6.45, 7) is 2.02. The Kier molecular flexibility index (Phi) is 4.88. The first kappa shape index (κ1) is 14.3. The summed E-state index contributed by atoms with van der Waals surface area (Å²) in [7, 11) is 0. The molecule has 20 heavy (non-hydrogen) atoms. The van der Waals surface area contributed by atoms with E-state index in [1.165, 1.54) is 5.56 Å². The molecule has 0 fully saturated rings. The van der Waals surface area contributed by atoms with Gasteiger partial charge in [0, 0.05) is 12.4 Å². The number of pyridine rings is 1. The van der Waals surface area contributed by atoms with Crippen molar-refractivity contribution in [3.8, 4) is 0 Å². The summed E-state index contributed by atoms with van der Waals surface area (Å²) >= 11 is 0. The molecule has 1 aromatic heterocycles. The van der Waals surface area contributed by atoms with Crippen LogP contribution in [0.25, 0.3) is 0 Å². The lowest BCUT2D eigenvalue weighted by Gasteiger charge is -2.12. The van der Waals surface area contributed by atoms with E-state index >= 15 is 0 Å². The Morgan fingerprint density at radius 2 is 2.05 bits per heavy atom. The van der Waals surface area contributed by atoms with Gasteiger partial charge in [-0.2, -0.15) is 0 Å². The highest BCUT2D eigenvalue weighted by Crippen LogP contribution is 2.16. The Bertz CT molecular complexity index is 566. The maximum absolute atomic E-state index is 11.4. The standard InChI is InChI=1S/C17H19NO2/c1-13-4-2-5-15(10-13)11-16(17(19)20)8-7-14-6-3-9-18-12-14/h2-6,9-10,12,16H,7-8,11H2,1H3,(H,19,20). The first-order valence-electron chi connectivity index (χ1n) is 6.82. The third-order valence-corrected chi connectivity index (χ3v) is 3.42. The Balaban J connectivity index is 1.99. The number of aliphatic carboxylic acids is 1. The molecule has 1 aromatic carbocycles. The minimum atomic E-state index is -0.726. The Labute approximate surface area is 119 Å². The second kappa shape index (κ2) is 6.85. The number of aryl methyl sites for hydroxylation is 2. The Morgan fingerprint density at radius 1 is 1.25 bits per heavy atom. The molecule has 3 heteroatoms. The number of aromatic nitrogens is 1. The molecule has 2 rings (SSSR count). The summed E-state index contributed by atoms with van der Waals surface area (Å²) < 4.78 is 0. The summed E-state index contributed by atoms with van der Waals surface area (Å²) in [5.74, 6) is -1.08. The average Bonchev–Trinajstić information content (AvgIpc) is 2.44. The van der Waals surface area contributed by atoms with E-state index in [2.05, 4.69) is 11.1 Å². The molecule has 0 aliphatic heterocycles.